The van der Waals surface area contributed by atoms with Crippen LogP contribution in [0.1, 0.15) is 18.4 Å². The van der Waals surface area contributed by atoms with Crippen molar-refractivity contribution in [1.29, 1.82) is 0 Å². The van der Waals surface area contributed by atoms with Gasteiger partial charge in [0, 0.05) is 12.2 Å². The van der Waals surface area contributed by atoms with E-state index in [1.54, 1.807) is 0 Å². The molecular formula is C18H26N2O5. The molecule has 1 fully saturated rings. The largest absolute Gasteiger partial charge is 0.483 e. The van der Waals surface area contributed by atoms with Crippen LogP contribution in [0.2, 0.25) is 0 Å². The molecule has 0 aliphatic carbocycles. The van der Waals surface area contributed by atoms with Gasteiger partial charge in [-0.2, -0.15) is 0 Å². The van der Waals surface area contributed by atoms with Crippen LogP contribution < -0.4 is 4.90 Å². The van der Waals surface area contributed by atoms with E-state index in [1.807, 2.05) is 23.1 Å². The van der Waals surface area contributed by atoms with Crippen LogP contribution in [0.15, 0.2) is 24.3 Å². The van der Waals surface area contributed by atoms with Crippen LogP contribution in [-0.4, -0.2) is 71.5 Å². The van der Waals surface area contributed by atoms with Gasteiger partial charge in [0.05, 0.1) is 19.3 Å². The smallest absolute Gasteiger partial charge is 0.290 e. The maximum atomic E-state index is 12.5. The van der Waals surface area contributed by atoms with Gasteiger partial charge in [-0.25, -0.2) is 0 Å². The molecule has 0 bridgehead atoms. The van der Waals surface area contributed by atoms with Crippen LogP contribution in [0.4, 0.5) is 5.69 Å². The maximum Gasteiger partial charge on any atom is 0.290 e. The van der Waals surface area contributed by atoms with Gasteiger partial charge in [-0.15, -0.1) is 0 Å². The van der Waals surface area contributed by atoms with Crippen LogP contribution in [0.3, 0.4) is 0 Å². The molecule has 0 saturated carbocycles. The molecule has 2 aliphatic rings. The predicted molar refractivity (Wildman–Crippen MR) is 93.4 cm³/mol. The first kappa shape index (κ1) is 19.4. The van der Waals surface area contributed by atoms with E-state index in [4.69, 9.17) is 15.0 Å². The number of aliphatic hydroxyl groups is 2. The van der Waals surface area contributed by atoms with Crippen LogP contribution >= 0.6 is 0 Å². The molecular weight excluding hydrogens is 324 g/mol. The number of aliphatic hydroxyl groups excluding tert-OH is 2. The molecule has 1 unspecified atom stereocenters. The van der Waals surface area contributed by atoms with Crippen molar-refractivity contribution in [2.24, 2.45) is 5.92 Å². The summed E-state index contributed by atoms with van der Waals surface area (Å²) in [5.74, 6) is 0.315. The minimum Gasteiger partial charge on any atom is -0.483 e. The fraction of sp³-hybridized carbons (Fsp3) is 0.556. The lowest BCUT2D eigenvalue weighted by molar-refractivity contribution is -0.123. The maximum absolute atomic E-state index is 12.5. The Morgan fingerprint density at radius 2 is 1.88 bits per heavy atom. The van der Waals surface area contributed by atoms with E-state index in [0.29, 0.717) is 6.54 Å². The minimum absolute atomic E-state index is 0.156. The second kappa shape index (κ2) is 9.50. The van der Waals surface area contributed by atoms with Crippen molar-refractivity contribution in [1.82, 2.24) is 4.90 Å². The number of likely N-dealkylation sites (tertiary alicyclic amines) is 1. The number of rotatable bonds is 4. The van der Waals surface area contributed by atoms with Gasteiger partial charge in [-0.05, 0) is 49.9 Å². The van der Waals surface area contributed by atoms with E-state index < -0.39 is 6.10 Å². The van der Waals surface area contributed by atoms with E-state index in [1.165, 1.54) is 5.56 Å². The van der Waals surface area contributed by atoms with E-state index >= 15 is 0 Å². The molecule has 0 spiro atoms. The van der Waals surface area contributed by atoms with Crippen molar-refractivity contribution >= 4 is 18.1 Å². The highest BCUT2D eigenvalue weighted by molar-refractivity contribution is 5.96. The summed E-state index contributed by atoms with van der Waals surface area (Å²) in [4.78, 5) is 25.0. The van der Waals surface area contributed by atoms with Gasteiger partial charge in [-0.3, -0.25) is 14.5 Å². The van der Waals surface area contributed by atoms with Crippen molar-refractivity contribution in [2.45, 2.75) is 25.4 Å². The lowest BCUT2D eigenvalue weighted by Gasteiger charge is -2.34. The zero-order valence-corrected chi connectivity index (χ0v) is 14.3. The molecule has 0 radical (unpaired) electrons. The number of carbonyl (C=O) groups excluding carboxylic acids is 1. The van der Waals surface area contributed by atoms with Crippen molar-refractivity contribution in [3.63, 3.8) is 0 Å². The molecule has 1 saturated heterocycles. The van der Waals surface area contributed by atoms with Gasteiger partial charge in [0.2, 0.25) is 5.91 Å². The quantitative estimate of drug-likeness (QED) is 0.677. The minimum atomic E-state index is -0.622. The molecule has 2 aliphatic heterocycles. The first-order chi connectivity index (χ1) is 12.1. The second-order valence-electron chi connectivity index (χ2n) is 6.39. The summed E-state index contributed by atoms with van der Waals surface area (Å²) in [6.07, 6.45) is 1.99. The van der Waals surface area contributed by atoms with Crippen LogP contribution in [0.25, 0.3) is 0 Å². The summed E-state index contributed by atoms with van der Waals surface area (Å²) in [5.41, 5.74) is 2.30. The first-order valence-corrected chi connectivity index (χ1v) is 8.58. The standard InChI is InChI=1S/C17H24N2O3.CH2O2/c20-12-16(21)14-5-8-18(9-6-14)11-17(22)19-10-7-13-3-1-2-4-15(13)19;2-1-3/h1-4,14,16,20-21H,5-12H2;1H,(H,2,3). The highest BCUT2D eigenvalue weighted by atomic mass is 16.3. The molecule has 3 N–H and O–H groups in total. The Morgan fingerprint density at radius 1 is 1.24 bits per heavy atom. The molecule has 1 aromatic rings. The number of para-hydroxylation sites is 1. The Kier molecular flexibility index (Phi) is 7.36. The van der Waals surface area contributed by atoms with Crippen LogP contribution in [-0.2, 0) is 16.0 Å². The van der Waals surface area contributed by atoms with E-state index in [9.17, 15) is 9.90 Å². The topological polar surface area (TPSA) is 101 Å². The average Bonchev–Trinajstić information content (AvgIpc) is 3.06. The number of benzene rings is 1. The third-order valence-electron chi connectivity index (χ3n) is 4.91. The number of anilines is 1. The summed E-state index contributed by atoms with van der Waals surface area (Å²) < 4.78 is 0. The predicted octanol–water partition coefficient (Wildman–Crippen LogP) is 0.342. The molecule has 2 heterocycles. The lowest BCUT2D eigenvalue weighted by Crippen LogP contribution is -2.44. The lowest BCUT2D eigenvalue weighted by atomic mass is 9.91. The Bertz CT molecular complexity index is 572. The van der Waals surface area contributed by atoms with Crippen LogP contribution in [0, 0.1) is 5.92 Å². The number of nitrogens with zero attached hydrogens (tertiary/aromatic N) is 2. The van der Waals surface area contributed by atoms with Crippen molar-refractivity contribution < 1.29 is 24.9 Å². The highest BCUT2D eigenvalue weighted by Crippen LogP contribution is 2.28. The zero-order chi connectivity index (χ0) is 18.2. The Balaban J connectivity index is 0.000000701. The third-order valence-corrected chi connectivity index (χ3v) is 4.91. The highest BCUT2D eigenvalue weighted by Gasteiger charge is 2.29. The fourth-order valence-corrected chi connectivity index (χ4v) is 3.52. The molecule has 1 aromatic carbocycles. The molecule has 1 amide bonds. The third kappa shape index (κ3) is 5.01. The van der Waals surface area contributed by atoms with Gasteiger partial charge in [0.15, 0.2) is 0 Å². The SMILES string of the molecule is O=C(CN1CCC(C(O)CO)CC1)N1CCc2ccccc21.O=CO. The Labute approximate surface area is 147 Å². The molecule has 0 aromatic heterocycles. The summed E-state index contributed by atoms with van der Waals surface area (Å²) in [7, 11) is 0. The average molecular weight is 350 g/mol. The Hall–Kier alpha value is -1.96. The van der Waals surface area contributed by atoms with Gasteiger partial charge < -0.3 is 20.2 Å². The normalized spacial score (nSPS) is 18.9. The molecule has 25 heavy (non-hydrogen) atoms. The number of piperidine rings is 1. The zero-order valence-electron chi connectivity index (χ0n) is 14.3. The van der Waals surface area contributed by atoms with Crippen LogP contribution in [0.5, 0.6) is 0 Å². The number of fused-ring (bicyclic) bond motifs is 1. The van der Waals surface area contributed by atoms with Gasteiger partial charge in [0.25, 0.3) is 6.47 Å². The number of hydrogen-bond acceptors (Lipinski definition) is 5. The van der Waals surface area contributed by atoms with Gasteiger partial charge in [-0.1, -0.05) is 18.2 Å². The second-order valence-corrected chi connectivity index (χ2v) is 6.39. The van der Waals surface area contributed by atoms with Gasteiger partial charge >= 0.3 is 0 Å². The first-order valence-electron chi connectivity index (χ1n) is 8.58. The molecule has 7 heteroatoms. The van der Waals surface area contributed by atoms with Crippen molar-refractivity contribution in [3.8, 4) is 0 Å². The number of amides is 1. The summed E-state index contributed by atoms with van der Waals surface area (Å²) >= 11 is 0. The number of carboxylic acid groups (broad SMARTS) is 1. The molecule has 7 nitrogen and oxygen atoms in total. The molecule has 138 valence electrons. The van der Waals surface area contributed by atoms with E-state index in [0.717, 1.165) is 44.6 Å². The summed E-state index contributed by atoms with van der Waals surface area (Å²) in [6, 6.07) is 8.10. The molecule has 3 rings (SSSR count). The number of carbonyl (C=O) groups is 2. The van der Waals surface area contributed by atoms with E-state index in [-0.39, 0.29) is 24.9 Å². The summed E-state index contributed by atoms with van der Waals surface area (Å²) in [5, 5.41) is 25.6. The van der Waals surface area contributed by atoms with E-state index in [2.05, 4.69) is 11.0 Å². The van der Waals surface area contributed by atoms with Gasteiger partial charge in [0.1, 0.15) is 0 Å². The fourth-order valence-electron chi connectivity index (χ4n) is 3.52. The summed E-state index contributed by atoms with van der Waals surface area (Å²) in [6.45, 7) is 2.41. The van der Waals surface area contributed by atoms with Crippen molar-refractivity contribution in [3.05, 3.63) is 29.8 Å². The number of hydrogen-bond donors (Lipinski definition) is 3. The molecule has 1 atom stereocenters. The van der Waals surface area contributed by atoms with Crippen molar-refractivity contribution in [2.75, 3.05) is 37.7 Å². The Morgan fingerprint density at radius 3 is 2.52 bits per heavy atom. The monoisotopic (exact) mass is 350 g/mol.